The van der Waals surface area contributed by atoms with Crippen LogP contribution in [0.5, 0.6) is 0 Å². The molecule has 0 aromatic heterocycles. The number of carbonyl (C=O) groups excluding carboxylic acids is 1. The minimum atomic E-state index is 0.0731. The van der Waals surface area contributed by atoms with E-state index in [0.29, 0.717) is 6.54 Å². The lowest BCUT2D eigenvalue weighted by atomic mass is 9.95. The molecule has 0 spiro atoms. The molecule has 1 atom stereocenters. The first kappa shape index (κ1) is 15.8. The van der Waals surface area contributed by atoms with E-state index in [1.807, 2.05) is 24.3 Å². The Balaban J connectivity index is 1.40. The van der Waals surface area contributed by atoms with Crippen molar-refractivity contribution in [3.05, 3.63) is 34.9 Å². The van der Waals surface area contributed by atoms with E-state index in [1.54, 1.807) is 0 Å². The predicted molar refractivity (Wildman–Crippen MR) is 86.8 cm³/mol. The van der Waals surface area contributed by atoms with Crippen LogP contribution in [-0.4, -0.2) is 42.6 Å². The summed E-state index contributed by atoms with van der Waals surface area (Å²) < 4.78 is 5.44. The molecule has 5 heteroatoms. The van der Waals surface area contributed by atoms with Crippen LogP contribution < -0.4 is 5.32 Å². The lowest BCUT2D eigenvalue weighted by Crippen LogP contribution is -2.43. The number of hydrogen-bond donors (Lipinski definition) is 1. The van der Waals surface area contributed by atoms with Gasteiger partial charge in [-0.2, -0.15) is 0 Å². The predicted octanol–water partition coefficient (Wildman–Crippen LogP) is 2.46. The van der Waals surface area contributed by atoms with Crippen LogP contribution in [0.1, 0.15) is 25.3 Å². The Morgan fingerprint density at radius 3 is 2.59 bits per heavy atom. The lowest BCUT2D eigenvalue weighted by Gasteiger charge is -2.32. The van der Waals surface area contributed by atoms with Gasteiger partial charge >= 0.3 is 0 Å². The number of nitrogens with zero attached hydrogens (tertiary/aromatic N) is 1. The van der Waals surface area contributed by atoms with Gasteiger partial charge in [0.05, 0.1) is 6.61 Å². The van der Waals surface area contributed by atoms with Crippen molar-refractivity contribution in [3.63, 3.8) is 0 Å². The van der Waals surface area contributed by atoms with Crippen LogP contribution in [0, 0.1) is 5.92 Å². The van der Waals surface area contributed by atoms with Crippen LogP contribution in [0.2, 0.25) is 5.02 Å². The Hall–Kier alpha value is -1.10. The number of halogens is 1. The van der Waals surface area contributed by atoms with Crippen molar-refractivity contribution in [2.24, 2.45) is 5.92 Å². The summed E-state index contributed by atoms with van der Waals surface area (Å²) in [6.45, 7) is 6.55. The first-order valence-corrected chi connectivity index (χ1v) is 8.30. The fraction of sp³-hybridized carbons (Fsp3) is 0.588. The fourth-order valence-corrected chi connectivity index (χ4v) is 3.10. The van der Waals surface area contributed by atoms with Gasteiger partial charge in [-0.05, 0) is 50.6 Å². The molecule has 0 bridgehead atoms. The van der Waals surface area contributed by atoms with Crippen molar-refractivity contribution < 1.29 is 9.53 Å². The highest BCUT2D eigenvalue weighted by Gasteiger charge is 2.41. The maximum atomic E-state index is 12.3. The van der Waals surface area contributed by atoms with E-state index in [-0.39, 0.29) is 17.4 Å². The number of rotatable bonds is 5. The molecule has 1 aromatic carbocycles. The zero-order valence-corrected chi connectivity index (χ0v) is 13.7. The molecule has 1 unspecified atom stereocenters. The Bertz CT molecular complexity index is 520. The molecule has 120 valence electrons. The molecular formula is C17H23ClN2O2. The molecule has 0 aliphatic carbocycles. The monoisotopic (exact) mass is 322 g/mol. The summed E-state index contributed by atoms with van der Waals surface area (Å²) in [7, 11) is 0. The molecule has 1 N–H and O–H groups in total. The summed E-state index contributed by atoms with van der Waals surface area (Å²) in [5.41, 5.74) is 1.15. The van der Waals surface area contributed by atoms with Crippen LogP contribution in [0.25, 0.3) is 0 Å². The van der Waals surface area contributed by atoms with E-state index < -0.39 is 0 Å². The van der Waals surface area contributed by atoms with E-state index in [1.165, 1.54) is 0 Å². The highest BCUT2D eigenvalue weighted by atomic mass is 35.5. The van der Waals surface area contributed by atoms with Crippen LogP contribution in [-0.2, 0) is 16.1 Å². The van der Waals surface area contributed by atoms with Crippen molar-refractivity contribution >= 4 is 17.5 Å². The SMILES string of the molecule is CC1(CN2CCC(C(=O)NCc3ccc(Cl)cc3)CC2)CO1. The Morgan fingerprint density at radius 2 is 2.00 bits per heavy atom. The van der Waals surface area contributed by atoms with Crippen LogP contribution in [0.4, 0.5) is 0 Å². The molecule has 2 aliphatic heterocycles. The van der Waals surface area contributed by atoms with E-state index in [4.69, 9.17) is 16.3 Å². The highest BCUT2D eigenvalue weighted by Crippen LogP contribution is 2.29. The van der Waals surface area contributed by atoms with Gasteiger partial charge in [-0.15, -0.1) is 0 Å². The van der Waals surface area contributed by atoms with Gasteiger partial charge in [-0.25, -0.2) is 0 Å². The van der Waals surface area contributed by atoms with Crippen molar-refractivity contribution in [2.75, 3.05) is 26.2 Å². The zero-order chi connectivity index (χ0) is 15.6. The second-order valence-electron chi connectivity index (χ2n) is 6.63. The van der Waals surface area contributed by atoms with Gasteiger partial charge in [0.25, 0.3) is 0 Å². The second kappa shape index (κ2) is 6.57. The van der Waals surface area contributed by atoms with E-state index in [9.17, 15) is 4.79 Å². The molecule has 3 rings (SSSR count). The summed E-state index contributed by atoms with van der Waals surface area (Å²) in [6, 6.07) is 7.59. The number of hydrogen-bond acceptors (Lipinski definition) is 3. The van der Waals surface area contributed by atoms with Crippen molar-refractivity contribution in [1.29, 1.82) is 0 Å². The topological polar surface area (TPSA) is 44.9 Å². The maximum Gasteiger partial charge on any atom is 0.223 e. The van der Waals surface area contributed by atoms with Gasteiger partial charge < -0.3 is 15.0 Å². The van der Waals surface area contributed by atoms with Crippen LogP contribution in [0.3, 0.4) is 0 Å². The summed E-state index contributed by atoms with van der Waals surface area (Å²) >= 11 is 5.86. The van der Waals surface area contributed by atoms with E-state index in [0.717, 1.165) is 49.7 Å². The molecule has 22 heavy (non-hydrogen) atoms. The van der Waals surface area contributed by atoms with Crippen LogP contribution in [0.15, 0.2) is 24.3 Å². The van der Waals surface area contributed by atoms with Gasteiger partial charge in [0.15, 0.2) is 0 Å². The molecule has 0 radical (unpaired) electrons. The highest BCUT2D eigenvalue weighted by molar-refractivity contribution is 6.30. The first-order chi connectivity index (χ1) is 10.5. The lowest BCUT2D eigenvalue weighted by molar-refractivity contribution is -0.126. The van der Waals surface area contributed by atoms with Gasteiger partial charge in [-0.3, -0.25) is 4.79 Å². The quantitative estimate of drug-likeness (QED) is 0.847. The molecule has 1 aromatic rings. The van der Waals surface area contributed by atoms with Gasteiger partial charge in [0.2, 0.25) is 5.91 Å². The van der Waals surface area contributed by atoms with Gasteiger partial charge in [0.1, 0.15) is 5.60 Å². The summed E-state index contributed by atoms with van der Waals surface area (Å²) in [4.78, 5) is 14.7. The molecule has 4 nitrogen and oxygen atoms in total. The van der Waals surface area contributed by atoms with E-state index >= 15 is 0 Å². The maximum absolute atomic E-state index is 12.3. The number of ether oxygens (including phenoxy) is 1. The van der Waals surface area contributed by atoms with Crippen molar-refractivity contribution in [2.45, 2.75) is 31.9 Å². The summed E-state index contributed by atoms with van der Waals surface area (Å²) in [6.07, 6.45) is 1.87. The minimum absolute atomic E-state index is 0.0731. The number of benzene rings is 1. The number of piperidine rings is 1. The Kier molecular flexibility index (Phi) is 4.71. The smallest absolute Gasteiger partial charge is 0.223 e. The molecule has 2 heterocycles. The van der Waals surface area contributed by atoms with Crippen molar-refractivity contribution in [1.82, 2.24) is 10.2 Å². The van der Waals surface area contributed by atoms with Crippen molar-refractivity contribution in [3.8, 4) is 0 Å². The average Bonchev–Trinajstić information content (AvgIpc) is 3.24. The van der Waals surface area contributed by atoms with Gasteiger partial charge in [-0.1, -0.05) is 23.7 Å². The number of nitrogens with one attached hydrogen (secondary N) is 1. The first-order valence-electron chi connectivity index (χ1n) is 7.93. The molecular weight excluding hydrogens is 300 g/mol. The standard InChI is InChI=1S/C17H23ClN2O2/c1-17(12-22-17)11-20-8-6-14(7-9-20)16(21)19-10-13-2-4-15(18)5-3-13/h2-5,14H,6-12H2,1H3,(H,19,21). The normalized spacial score (nSPS) is 25.9. The second-order valence-corrected chi connectivity index (χ2v) is 7.07. The third kappa shape index (κ3) is 4.22. The molecule has 2 fully saturated rings. The number of epoxide rings is 1. The largest absolute Gasteiger partial charge is 0.369 e. The van der Waals surface area contributed by atoms with E-state index in [2.05, 4.69) is 17.1 Å². The third-order valence-electron chi connectivity index (χ3n) is 4.53. The van der Waals surface area contributed by atoms with Gasteiger partial charge in [0, 0.05) is 24.0 Å². The zero-order valence-electron chi connectivity index (χ0n) is 13.0. The minimum Gasteiger partial charge on any atom is -0.369 e. The fourth-order valence-electron chi connectivity index (χ4n) is 2.98. The molecule has 0 saturated carbocycles. The average molecular weight is 323 g/mol. The number of carbonyl (C=O) groups is 1. The van der Waals surface area contributed by atoms with Crippen LogP contribution >= 0.6 is 11.6 Å². The molecule has 2 saturated heterocycles. The molecule has 2 aliphatic rings. The Labute approximate surface area is 136 Å². The third-order valence-corrected chi connectivity index (χ3v) is 4.79. The number of amides is 1. The number of likely N-dealkylation sites (tertiary alicyclic amines) is 1. The summed E-state index contributed by atoms with van der Waals surface area (Å²) in [5.74, 6) is 0.306. The Morgan fingerprint density at radius 1 is 1.36 bits per heavy atom. The summed E-state index contributed by atoms with van der Waals surface area (Å²) in [5, 5.41) is 3.76. The molecule has 1 amide bonds.